The van der Waals surface area contributed by atoms with Crippen LogP contribution in [0, 0.1) is 5.41 Å². The zero-order chi connectivity index (χ0) is 27.9. The molecule has 0 atom stereocenters. The van der Waals surface area contributed by atoms with Crippen molar-refractivity contribution in [3.63, 3.8) is 0 Å². The van der Waals surface area contributed by atoms with Crippen LogP contribution in [0.5, 0.6) is 11.5 Å². The van der Waals surface area contributed by atoms with Crippen LogP contribution in [0.3, 0.4) is 0 Å². The summed E-state index contributed by atoms with van der Waals surface area (Å²) in [5.41, 5.74) is 9.46. The Balaban J connectivity index is 1.37. The highest BCUT2D eigenvalue weighted by molar-refractivity contribution is 6.02. The Morgan fingerprint density at radius 3 is 1.44 bits per heavy atom. The van der Waals surface area contributed by atoms with Gasteiger partial charge in [0.1, 0.15) is 11.5 Å². The highest BCUT2D eigenvalue weighted by atomic mass is 16.5. The maximum atomic E-state index is 12.2. The second-order valence-corrected chi connectivity index (χ2v) is 10.9. The molecule has 0 saturated heterocycles. The molecule has 0 spiro atoms. The van der Waals surface area contributed by atoms with Crippen LogP contribution in [0.15, 0.2) is 104 Å². The Kier molecular flexibility index (Phi) is 6.57. The van der Waals surface area contributed by atoms with E-state index in [1.807, 2.05) is 57.2 Å². The summed E-state index contributed by atoms with van der Waals surface area (Å²) < 4.78 is 10.8. The van der Waals surface area contributed by atoms with Crippen LogP contribution in [0.4, 0.5) is 0 Å². The van der Waals surface area contributed by atoms with Crippen molar-refractivity contribution in [1.29, 1.82) is 0 Å². The van der Waals surface area contributed by atoms with Crippen molar-refractivity contribution >= 4 is 17.5 Å². The Bertz CT molecular complexity index is 1630. The van der Waals surface area contributed by atoms with E-state index in [9.17, 15) is 9.59 Å². The zero-order valence-corrected chi connectivity index (χ0v) is 22.6. The lowest BCUT2D eigenvalue weighted by Gasteiger charge is -2.16. The first-order valence-electron chi connectivity index (χ1n) is 12.8. The van der Waals surface area contributed by atoms with E-state index in [0.29, 0.717) is 17.1 Å². The SMILES string of the molecule is C=C(C)C(=O)Oc1ccc(-c2ccc3c(c2)C(=C)c2cc(-c4ccc(OC(=O)C(C)(C)C)cc4)ccc2-3)cc1. The van der Waals surface area contributed by atoms with Gasteiger partial charge in [-0.2, -0.15) is 0 Å². The van der Waals surface area contributed by atoms with E-state index in [1.54, 1.807) is 19.1 Å². The largest absolute Gasteiger partial charge is 0.426 e. The number of carbonyl (C=O) groups excluding carboxylic acids is 2. The molecule has 4 nitrogen and oxygen atoms in total. The van der Waals surface area contributed by atoms with Gasteiger partial charge >= 0.3 is 11.9 Å². The monoisotopic (exact) mass is 514 g/mol. The van der Waals surface area contributed by atoms with Crippen LogP contribution in [0.2, 0.25) is 0 Å². The normalized spacial score (nSPS) is 11.9. The summed E-state index contributed by atoms with van der Waals surface area (Å²) in [6.07, 6.45) is 0. The Hall–Kier alpha value is -4.70. The average Bonchev–Trinajstić information content (AvgIpc) is 3.19. The van der Waals surface area contributed by atoms with E-state index in [2.05, 4.69) is 49.6 Å². The zero-order valence-electron chi connectivity index (χ0n) is 22.6. The van der Waals surface area contributed by atoms with Gasteiger partial charge in [-0.05, 0) is 114 Å². The first kappa shape index (κ1) is 25.9. The molecule has 0 bridgehead atoms. The third-order valence-corrected chi connectivity index (χ3v) is 6.74. The number of benzene rings is 4. The van der Waals surface area contributed by atoms with Crippen LogP contribution in [-0.4, -0.2) is 11.9 Å². The van der Waals surface area contributed by atoms with Crippen LogP contribution in [0.25, 0.3) is 39.0 Å². The van der Waals surface area contributed by atoms with E-state index in [0.717, 1.165) is 50.1 Å². The minimum absolute atomic E-state index is 0.261. The fourth-order valence-corrected chi connectivity index (χ4v) is 4.45. The van der Waals surface area contributed by atoms with E-state index in [4.69, 9.17) is 9.47 Å². The van der Waals surface area contributed by atoms with Crippen LogP contribution >= 0.6 is 0 Å². The van der Waals surface area contributed by atoms with Gasteiger partial charge in [0, 0.05) is 5.57 Å². The first-order valence-corrected chi connectivity index (χ1v) is 12.8. The Morgan fingerprint density at radius 1 is 0.615 bits per heavy atom. The number of carbonyl (C=O) groups is 2. The Labute approximate surface area is 229 Å². The summed E-state index contributed by atoms with van der Waals surface area (Å²) in [7, 11) is 0. The summed E-state index contributed by atoms with van der Waals surface area (Å²) in [5.74, 6) is 0.320. The lowest BCUT2D eigenvalue weighted by Crippen LogP contribution is -2.25. The standard InChI is InChI=1S/C35H30O4/c1-21(2)33(36)38-27-13-7-23(8-14-27)25-11-17-29-30-18-12-26(20-32(30)22(3)31(29)19-25)24-9-15-28(16-10-24)39-34(37)35(4,5)6/h7-20H,1,3H2,2,4-6H3. The average molecular weight is 515 g/mol. The van der Waals surface area contributed by atoms with Crippen molar-refractivity contribution in [3.8, 4) is 44.9 Å². The number of rotatable bonds is 5. The molecule has 0 radical (unpaired) electrons. The topological polar surface area (TPSA) is 52.6 Å². The van der Waals surface area contributed by atoms with Gasteiger partial charge in [-0.15, -0.1) is 0 Å². The molecule has 4 heteroatoms. The lowest BCUT2D eigenvalue weighted by molar-refractivity contribution is -0.143. The van der Waals surface area contributed by atoms with Gasteiger partial charge < -0.3 is 9.47 Å². The molecule has 194 valence electrons. The first-order chi connectivity index (χ1) is 18.5. The predicted octanol–water partition coefficient (Wildman–Crippen LogP) is 8.50. The summed E-state index contributed by atoms with van der Waals surface area (Å²) in [5, 5.41) is 0. The molecule has 39 heavy (non-hydrogen) atoms. The highest BCUT2D eigenvalue weighted by Crippen LogP contribution is 2.46. The van der Waals surface area contributed by atoms with Gasteiger partial charge in [0.05, 0.1) is 5.41 Å². The van der Waals surface area contributed by atoms with Crippen molar-refractivity contribution in [1.82, 2.24) is 0 Å². The Morgan fingerprint density at radius 2 is 1.03 bits per heavy atom. The summed E-state index contributed by atoms with van der Waals surface area (Å²) in [4.78, 5) is 24.0. The molecule has 0 unspecified atom stereocenters. The van der Waals surface area contributed by atoms with E-state index < -0.39 is 11.4 Å². The molecule has 4 aromatic rings. The maximum absolute atomic E-state index is 12.2. The maximum Gasteiger partial charge on any atom is 0.338 e. The molecule has 5 rings (SSSR count). The smallest absolute Gasteiger partial charge is 0.338 e. The number of ether oxygens (including phenoxy) is 2. The predicted molar refractivity (Wildman–Crippen MR) is 156 cm³/mol. The molecule has 1 aliphatic carbocycles. The van der Waals surface area contributed by atoms with Gasteiger partial charge in [0.2, 0.25) is 0 Å². The second kappa shape index (κ2) is 9.88. The van der Waals surface area contributed by atoms with Gasteiger partial charge in [-0.1, -0.05) is 61.7 Å². The molecule has 0 aliphatic heterocycles. The molecule has 0 amide bonds. The van der Waals surface area contributed by atoms with Crippen LogP contribution < -0.4 is 9.47 Å². The van der Waals surface area contributed by atoms with Crippen molar-refractivity contribution in [2.24, 2.45) is 5.41 Å². The van der Waals surface area contributed by atoms with E-state index >= 15 is 0 Å². The van der Waals surface area contributed by atoms with Crippen LogP contribution in [0.1, 0.15) is 38.8 Å². The molecular weight excluding hydrogens is 484 g/mol. The third kappa shape index (κ3) is 5.19. The van der Waals surface area contributed by atoms with Gasteiger partial charge in [0.15, 0.2) is 0 Å². The minimum atomic E-state index is -0.559. The third-order valence-electron chi connectivity index (χ3n) is 6.74. The minimum Gasteiger partial charge on any atom is -0.426 e. The van der Waals surface area contributed by atoms with Gasteiger partial charge in [0.25, 0.3) is 0 Å². The van der Waals surface area contributed by atoms with Gasteiger partial charge in [-0.3, -0.25) is 4.79 Å². The lowest BCUT2D eigenvalue weighted by atomic mass is 9.97. The van der Waals surface area contributed by atoms with Crippen molar-refractivity contribution in [2.45, 2.75) is 27.7 Å². The van der Waals surface area contributed by atoms with E-state index in [-0.39, 0.29) is 5.97 Å². The molecule has 0 saturated carbocycles. The molecule has 4 aromatic carbocycles. The summed E-state index contributed by atoms with van der Waals surface area (Å²) in [6.45, 7) is 15.2. The number of hydrogen-bond donors (Lipinski definition) is 0. The second-order valence-electron chi connectivity index (χ2n) is 10.9. The molecular formula is C35H30O4. The fraction of sp³-hybridized carbons (Fsp3) is 0.143. The number of fused-ring (bicyclic) bond motifs is 3. The van der Waals surface area contributed by atoms with Crippen molar-refractivity contribution in [2.75, 3.05) is 0 Å². The quantitative estimate of drug-likeness (QED) is 0.134. The van der Waals surface area contributed by atoms with Gasteiger partial charge in [-0.25, -0.2) is 4.79 Å². The number of hydrogen-bond acceptors (Lipinski definition) is 4. The van der Waals surface area contributed by atoms with Crippen molar-refractivity contribution < 1.29 is 19.1 Å². The molecule has 0 heterocycles. The molecule has 1 aliphatic rings. The molecule has 0 aromatic heterocycles. The highest BCUT2D eigenvalue weighted by Gasteiger charge is 2.25. The van der Waals surface area contributed by atoms with Crippen LogP contribution in [-0.2, 0) is 9.59 Å². The molecule has 0 N–H and O–H groups in total. The molecule has 0 fully saturated rings. The summed E-state index contributed by atoms with van der Waals surface area (Å²) in [6, 6.07) is 27.8. The van der Waals surface area contributed by atoms with E-state index in [1.165, 1.54) is 0 Å². The summed E-state index contributed by atoms with van der Waals surface area (Å²) >= 11 is 0. The fourth-order valence-electron chi connectivity index (χ4n) is 4.45. The van der Waals surface area contributed by atoms with Crippen molar-refractivity contribution in [3.05, 3.63) is 115 Å². The number of esters is 2.